The molecule has 0 saturated carbocycles. The Bertz CT molecular complexity index is 181. The van der Waals surface area contributed by atoms with E-state index in [1.54, 1.807) is 0 Å². The fourth-order valence-corrected chi connectivity index (χ4v) is 0.802. The molecule has 0 aliphatic carbocycles. The maximum absolute atomic E-state index is 10.8. The van der Waals surface area contributed by atoms with Crippen LogP contribution in [0.25, 0.3) is 0 Å². The van der Waals surface area contributed by atoms with Gasteiger partial charge in [-0.2, -0.15) is 0 Å². The minimum absolute atomic E-state index is 0.259. The van der Waals surface area contributed by atoms with Crippen molar-refractivity contribution in [1.29, 1.82) is 0 Å². The van der Waals surface area contributed by atoms with Gasteiger partial charge in [-0.25, -0.2) is 0 Å². The smallest absolute Gasteiger partial charge is 0.323 e. The zero-order chi connectivity index (χ0) is 8.27. The third-order valence-electron chi connectivity index (χ3n) is 1.37. The molecule has 0 spiro atoms. The average Bonchev–Trinajstić information content (AvgIpc) is 1.97. The lowest BCUT2D eigenvalue weighted by molar-refractivity contribution is -0.189. The number of rotatable bonds is 2. The van der Waals surface area contributed by atoms with Crippen LogP contribution in [0.15, 0.2) is 12.7 Å². The fraction of sp³-hybridized carbons (Fsp3) is 0.429. The Labute approximate surface area is 63.8 Å². The number of esters is 2. The monoisotopic (exact) mass is 156 g/mol. The highest BCUT2D eigenvalue weighted by molar-refractivity contribution is 5.96. The number of ether oxygens (including phenoxy) is 2. The third kappa shape index (κ3) is 1.58. The summed E-state index contributed by atoms with van der Waals surface area (Å²) in [4.78, 5) is 21.6. The molecule has 0 amide bonds. The number of hydrogen-bond donors (Lipinski definition) is 0. The maximum atomic E-state index is 10.8. The van der Waals surface area contributed by atoms with Gasteiger partial charge >= 0.3 is 11.9 Å². The van der Waals surface area contributed by atoms with E-state index in [1.807, 2.05) is 0 Å². The first-order valence-electron chi connectivity index (χ1n) is 3.20. The van der Waals surface area contributed by atoms with Crippen molar-refractivity contribution in [3.63, 3.8) is 0 Å². The summed E-state index contributed by atoms with van der Waals surface area (Å²) in [5.74, 6) is -1.86. The van der Waals surface area contributed by atoms with E-state index in [4.69, 9.17) is 0 Å². The topological polar surface area (TPSA) is 52.6 Å². The fourth-order valence-electron chi connectivity index (χ4n) is 0.802. The van der Waals surface area contributed by atoms with Crippen LogP contribution in [0.3, 0.4) is 0 Å². The van der Waals surface area contributed by atoms with E-state index < -0.39 is 17.9 Å². The normalized spacial score (nSPS) is 18.9. The summed E-state index contributed by atoms with van der Waals surface area (Å²) < 4.78 is 8.97. The van der Waals surface area contributed by atoms with Gasteiger partial charge < -0.3 is 9.47 Å². The lowest BCUT2D eigenvalue weighted by atomic mass is 10.1. The van der Waals surface area contributed by atoms with Crippen molar-refractivity contribution in [2.45, 2.75) is 6.42 Å². The first-order valence-corrected chi connectivity index (χ1v) is 3.20. The molecule has 0 aromatic heterocycles. The van der Waals surface area contributed by atoms with Gasteiger partial charge in [-0.15, -0.1) is 6.58 Å². The second-order valence-electron chi connectivity index (χ2n) is 2.12. The molecule has 0 atom stereocenters. The van der Waals surface area contributed by atoms with Gasteiger partial charge in [0.05, 0.1) is 0 Å². The molecule has 4 nitrogen and oxygen atoms in total. The van der Waals surface area contributed by atoms with Crippen molar-refractivity contribution in [1.82, 2.24) is 0 Å². The molecule has 1 rings (SSSR count). The lowest BCUT2D eigenvalue weighted by Crippen LogP contribution is -2.34. The molecular formula is C7H8O4. The van der Waals surface area contributed by atoms with Crippen molar-refractivity contribution >= 4 is 11.9 Å². The Morgan fingerprint density at radius 3 is 2.45 bits per heavy atom. The molecule has 0 bridgehead atoms. The van der Waals surface area contributed by atoms with E-state index in [1.165, 1.54) is 6.08 Å². The first kappa shape index (κ1) is 7.78. The van der Waals surface area contributed by atoms with Crippen LogP contribution >= 0.6 is 0 Å². The van der Waals surface area contributed by atoms with Gasteiger partial charge in [0.15, 0.2) is 5.92 Å². The lowest BCUT2D eigenvalue weighted by Gasteiger charge is -2.18. The summed E-state index contributed by atoms with van der Waals surface area (Å²) in [6.07, 6.45) is 1.76. The number of carbonyl (C=O) groups is 2. The van der Waals surface area contributed by atoms with Gasteiger partial charge in [0.1, 0.15) is 0 Å². The highest BCUT2D eigenvalue weighted by Crippen LogP contribution is 2.13. The summed E-state index contributed by atoms with van der Waals surface area (Å²) in [7, 11) is 0. The molecule has 1 aliphatic heterocycles. The van der Waals surface area contributed by atoms with Crippen LogP contribution in [-0.4, -0.2) is 18.7 Å². The molecule has 1 saturated heterocycles. The number of cyclic esters (lactones) is 2. The van der Waals surface area contributed by atoms with Gasteiger partial charge in [-0.1, -0.05) is 6.08 Å². The van der Waals surface area contributed by atoms with Crippen LogP contribution in [-0.2, 0) is 19.1 Å². The Kier molecular flexibility index (Phi) is 2.25. The largest absolute Gasteiger partial charge is 0.427 e. The summed E-state index contributed by atoms with van der Waals surface area (Å²) in [6, 6.07) is 0. The van der Waals surface area contributed by atoms with Crippen LogP contribution < -0.4 is 0 Å². The summed E-state index contributed by atoms with van der Waals surface area (Å²) >= 11 is 0. The van der Waals surface area contributed by atoms with Crippen molar-refractivity contribution in [2.24, 2.45) is 5.92 Å². The van der Waals surface area contributed by atoms with Gasteiger partial charge in [-0.3, -0.25) is 9.59 Å². The van der Waals surface area contributed by atoms with Crippen molar-refractivity contribution in [2.75, 3.05) is 6.79 Å². The van der Waals surface area contributed by atoms with Crippen LogP contribution in [0.2, 0.25) is 0 Å². The zero-order valence-electron chi connectivity index (χ0n) is 5.91. The molecule has 0 aromatic rings. The third-order valence-corrected chi connectivity index (χ3v) is 1.37. The molecular weight excluding hydrogens is 148 g/mol. The molecule has 0 aromatic carbocycles. The van der Waals surface area contributed by atoms with Gasteiger partial charge in [-0.05, 0) is 6.42 Å². The highest BCUT2D eigenvalue weighted by atomic mass is 16.7. The quantitative estimate of drug-likeness (QED) is 0.326. The molecule has 60 valence electrons. The SMILES string of the molecule is C=CCC1C(=O)OCOC1=O. The van der Waals surface area contributed by atoms with Crippen molar-refractivity contribution in [3.05, 3.63) is 12.7 Å². The van der Waals surface area contributed by atoms with Crippen molar-refractivity contribution < 1.29 is 19.1 Å². The molecule has 0 unspecified atom stereocenters. The molecule has 1 heterocycles. The van der Waals surface area contributed by atoms with E-state index in [0.29, 0.717) is 0 Å². The summed E-state index contributed by atoms with van der Waals surface area (Å²) in [5, 5.41) is 0. The van der Waals surface area contributed by atoms with E-state index in [9.17, 15) is 9.59 Å². The molecule has 4 heteroatoms. The average molecular weight is 156 g/mol. The Balaban J connectivity index is 2.62. The van der Waals surface area contributed by atoms with E-state index >= 15 is 0 Å². The predicted molar refractivity (Wildman–Crippen MR) is 35.4 cm³/mol. The summed E-state index contributed by atoms with van der Waals surface area (Å²) in [5.41, 5.74) is 0. The Morgan fingerprint density at radius 1 is 1.45 bits per heavy atom. The predicted octanol–water partition coefficient (Wildman–Crippen LogP) is 0.236. The molecule has 11 heavy (non-hydrogen) atoms. The Morgan fingerprint density at radius 2 is 2.00 bits per heavy atom. The highest BCUT2D eigenvalue weighted by Gasteiger charge is 2.32. The van der Waals surface area contributed by atoms with E-state index in [-0.39, 0.29) is 13.2 Å². The van der Waals surface area contributed by atoms with Gasteiger partial charge in [0, 0.05) is 0 Å². The standard InChI is InChI=1S/C7H8O4/c1-2-3-5-6(8)10-4-11-7(5)9/h2,5H,1,3-4H2. The first-order chi connectivity index (χ1) is 5.25. The minimum atomic E-state index is -0.804. The molecule has 1 aliphatic rings. The van der Waals surface area contributed by atoms with Crippen molar-refractivity contribution in [3.8, 4) is 0 Å². The van der Waals surface area contributed by atoms with Gasteiger partial charge in [0.25, 0.3) is 0 Å². The number of hydrogen-bond acceptors (Lipinski definition) is 4. The van der Waals surface area contributed by atoms with Crippen LogP contribution in [0, 0.1) is 5.92 Å². The maximum Gasteiger partial charge on any atom is 0.323 e. The second-order valence-corrected chi connectivity index (χ2v) is 2.12. The van der Waals surface area contributed by atoms with Gasteiger partial charge in [0.2, 0.25) is 6.79 Å². The summed E-state index contributed by atoms with van der Waals surface area (Å²) in [6.45, 7) is 3.15. The van der Waals surface area contributed by atoms with E-state index in [0.717, 1.165) is 0 Å². The second kappa shape index (κ2) is 3.18. The van der Waals surface area contributed by atoms with E-state index in [2.05, 4.69) is 16.1 Å². The van der Waals surface area contributed by atoms with Crippen LogP contribution in [0.5, 0.6) is 0 Å². The molecule has 0 radical (unpaired) electrons. The Hall–Kier alpha value is -1.32. The molecule has 1 fully saturated rings. The molecule has 0 N–H and O–H groups in total. The minimum Gasteiger partial charge on any atom is -0.427 e. The van der Waals surface area contributed by atoms with Crippen LogP contribution in [0.4, 0.5) is 0 Å². The number of allylic oxidation sites excluding steroid dienone is 1. The zero-order valence-corrected chi connectivity index (χ0v) is 5.91. The van der Waals surface area contributed by atoms with Crippen LogP contribution in [0.1, 0.15) is 6.42 Å². The number of carbonyl (C=O) groups excluding carboxylic acids is 2.